The summed E-state index contributed by atoms with van der Waals surface area (Å²) in [5.41, 5.74) is 1.09. The van der Waals surface area contributed by atoms with Crippen LogP contribution in [0.5, 0.6) is 5.75 Å². The van der Waals surface area contributed by atoms with Gasteiger partial charge in [-0.05, 0) is 12.1 Å². The highest BCUT2D eigenvalue weighted by Gasteiger charge is 2.16. The lowest BCUT2D eigenvalue weighted by Gasteiger charge is -2.02. The molecule has 0 amide bonds. The van der Waals surface area contributed by atoms with E-state index in [0.717, 1.165) is 0 Å². The van der Waals surface area contributed by atoms with Crippen molar-refractivity contribution in [3.63, 3.8) is 0 Å². The van der Waals surface area contributed by atoms with E-state index in [0.29, 0.717) is 29.1 Å². The standard InChI is InChI=1S/C13H13NO3/c1-3-12-11(4-5-17-12)13(15)9-6-10(16-2)8-14-7-9/h4-8H,3H2,1-2H3. The summed E-state index contributed by atoms with van der Waals surface area (Å²) in [7, 11) is 1.54. The molecule has 0 aliphatic heterocycles. The maximum atomic E-state index is 12.2. The number of rotatable bonds is 4. The van der Waals surface area contributed by atoms with Crippen LogP contribution in [0.4, 0.5) is 0 Å². The molecule has 0 fully saturated rings. The molecule has 4 nitrogen and oxygen atoms in total. The summed E-state index contributed by atoms with van der Waals surface area (Å²) >= 11 is 0. The third-order valence-electron chi connectivity index (χ3n) is 2.52. The smallest absolute Gasteiger partial charge is 0.198 e. The first-order valence-corrected chi connectivity index (χ1v) is 5.36. The van der Waals surface area contributed by atoms with E-state index in [2.05, 4.69) is 4.98 Å². The summed E-state index contributed by atoms with van der Waals surface area (Å²) in [6, 6.07) is 3.35. The van der Waals surface area contributed by atoms with Gasteiger partial charge in [-0.25, -0.2) is 0 Å². The minimum absolute atomic E-state index is 0.0954. The number of hydrogen-bond donors (Lipinski definition) is 0. The Labute approximate surface area is 99.2 Å². The summed E-state index contributed by atoms with van der Waals surface area (Å²) in [5.74, 6) is 1.16. The van der Waals surface area contributed by atoms with E-state index in [1.54, 1.807) is 25.4 Å². The van der Waals surface area contributed by atoms with Crippen LogP contribution in [0.25, 0.3) is 0 Å². The van der Waals surface area contributed by atoms with Crippen molar-refractivity contribution in [3.05, 3.63) is 47.7 Å². The molecule has 0 aromatic carbocycles. The normalized spacial score (nSPS) is 10.2. The van der Waals surface area contributed by atoms with Crippen LogP contribution in [0.3, 0.4) is 0 Å². The van der Waals surface area contributed by atoms with Crippen molar-refractivity contribution in [1.82, 2.24) is 4.98 Å². The number of methoxy groups -OCH3 is 1. The lowest BCUT2D eigenvalue weighted by molar-refractivity contribution is 0.103. The second-order valence-corrected chi connectivity index (χ2v) is 3.55. The zero-order valence-corrected chi connectivity index (χ0v) is 9.77. The molecule has 88 valence electrons. The van der Waals surface area contributed by atoms with Crippen LogP contribution in [0.2, 0.25) is 0 Å². The van der Waals surface area contributed by atoms with Crippen molar-refractivity contribution >= 4 is 5.78 Å². The molecule has 4 heteroatoms. The largest absolute Gasteiger partial charge is 0.495 e. The molecule has 0 bridgehead atoms. The first-order valence-electron chi connectivity index (χ1n) is 5.36. The zero-order chi connectivity index (χ0) is 12.3. The highest BCUT2D eigenvalue weighted by atomic mass is 16.5. The van der Waals surface area contributed by atoms with Gasteiger partial charge < -0.3 is 9.15 Å². The average Bonchev–Trinajstić information content (AvgIpc) is 2.86. The molecule has 0 saturated carbocycles. The Bertz CT molecular complexity index is 531. The number of pyridine rings is 1. The van der Waals surface area contributed by atoms with Gasteiger partial charge in [0, 0.05) is 18.2 Å². The van der Waals surface area contributed by atoms with Crippen LogP contribution in [0, 0.1) is 0 Å². The Hall–Kier alpha value is -2.10. The van der Waals surface area contributed by atoms with Gasteiger partial charge in [-0.15, -0.1) is 0 Å². The second-order valence-electron chi connectivity index (χ2n) is 3.55. The Morgan fingerprint density at radius 1 is 1.47 bits per heavy atom. The van der Waals surface area contributed by atoms with Crippen LogP contribution in [-0.2, 0) is 6.42 Å². The van der Waals surface area contributed by atoms with Crippen LogP contribution in [0.15, 0.2) is 35.2 Å². The molecule has 2 heterocycles. The Morgan fingerprint density at radius 3 is 3.00 bits per heavy atom. The van der Waals surface area contributed by atoms with Gasteiger partial charge in [0.1, 0.15) is 11.5 Å². The molecular formula is C13H13NO3. The summed E-state index contributed by atoms with van der Waals surface area (Å²) in [6.45, 7) is 1.94. The van der Waals surface area contributed by atoms with E-state index in [-0.39, 0.29) is 5.78 Å². The predicted molar refractivity (Wildman–Crippen MR) is 62.3 cm³/mol. The van der Waals surface area contributed by atoms with Gasteiger partial charge in [0.15, 0.2) is 5.78 Å². The third-order valence-corrected chi connectivity index (χ3v) is 2.52. The van der Waals surface area contributed by atoms with E-state index in [4.69, 9.17) is 9.15 Å². The van der Waals surface area contributed by atoms with Crippen LogP contribution < -0.4 is 4.74 Å². The first-order chi connectivity index (χ1) is 8.26. The molecule has 2 aromatic rings. The SMILES string of the molecule is CCc1occc1C(=O)c1cncc(OC)c1. The van der Waals surface area contributed by atoms with Crippen molar-refractivity contribution in [2.75, 3.05) is 7.11 Å². The van der Waals surface area contributed by atoms with Crippen molar-refractivity contribution in [1.29, 1.82) is 0 Å². The van der Waals surface area contributed by atoms with Crippen LogP contribution >= 0.6 is 0 Å². The summed E-state index contributed by atoms with van der Waals surface area (Å²) in [6.07, 6.45) is 5.30. The molecule has 0 aliphatic rings. The highest BCUT2D eigenvalue weighted by Crippen LogP contribution is 2.18. The van der Waals surface area contributed by atoms with Gasteiger partial charge in [0.05, 0.1) is 25.1 Å². The Balaban J connectivity index is 2.36. The van der Waals surface area contributed by atoms with Crippen LogP contribution in [-0.4, -0.2) is 17.9 Å². The Morgan fingerprint density at radius 2 is 2.29 bits per heavy atom. The van der Waals surface area contributed by atoms with Crippen LogP contribution in [0.1, 0.15) is 28.6 Å². The monoisotopic (exact) mass is 231 g/mol. The summed E-state index contributed by atoms with van der Waals surface area (Å²) in [5, 5.41) is 0. The quantitative estimate of drug-likeness (QED) is 0.758. The van der Waals surface area contributed by atoms with Gasteiger partial charge in [-0.2, -0.15) is 0 Å². The van der Waals surface area contributed by atoms with Gasteiger partial charge >= 0.3 is 0 Å². The highest BCUT2D eigenvalue weighted by molar-refractivity contribution is 6.09. The maximum Gasteiger partial charge on any atom is 0.198 e. The van der Waals surface area contributed by atoms with Gasteiger partial charge in [0.2, 0.25) is 0 Å². The second kappa shape index (κ2) is 4.82. The average molecular weight is 231 g/mol. The molecule has 0 radical (unpaired) electrons. The number of nitrogens with zero attached hydrogens (tertiary/aromatic N) is 1. The van der Waals surface area contributed by atoms with Crippen molar-refractivity contribution in [2.24, 2.45) is 0 Å². The Kier molecular flexibility index (Phi) is 3.23. The molecule has 0 aliphatic carbocycles. The molecular weight excluding hydrogens is 218 g/mol. The molecule has 2 rings (SSSR count). The van der Waals surface area contributed by atoms with Crippen molar-refractivity contribution < 1.29 is 13.9 Å². The third kappa shape index (κ3) is 2.20. The fraction of sp³-hybridized carbons (Fsp3) is 0.231. The number of aryl methyl sites for hydroxylation is 1. The maximum absolute atomic E-state index is 12.2. The van der Waals surface area contributed by atoms with E-state index in [1.807, 2.05) is 6.92 Å². The number of ether oxygens (including phenoxy) is 1. The summed E-state index contributed by atoms with van der Waals surface area (Å²) in [4.78, 5) is 16.2. The topological polar surface area (TPSA) is 52.3 Å². The molecule has 0 N–H and O–H groups in total. The van der Waals surface area contributed by atoms with E-state index in [1.165, 1.54) is 12.5 Å². The van der Waals surface area contributed by atoms with Gasteiger partial charge in [0.25, 0.3) is 0 Å². The number of ketones is 1. The lowest BCUT2D eigenvalue weighted by atomic mass is 10.0. The van der Waals surface area contributed by atoms with E-state index in [9.17, 15) is 4.79 Å². The predicted octanol–water partition coefficient (Wildman–Crippen LogP) is 2.48. The minimum atomic E-state index is -0.0954. The zero-order valence-electron chi connectivity index (χ0n) is 9.77. The molecule has 0 saturated heterocycles. The molecule has 0 spiro atoms. The minimum Gasteiger partial charge on any atom is -0.495 e. The van der Waals surface area contributed by atoms with E-state index < -0.39 is 0 Å². The first kappa shape index (κ1) is 11.4. The van der Waals surface area contributed by atoms with Crippen molar-refractivity contribution in [3.8, 4) is 5.75 Å². The fourth-order valence-corrected chi connectivity index (χ4v) is 1.63. The molecule has 17 heavy (non-hydrogen) atoms. The number of aromatic nitrogens is 1. The van der Waals surface area contributed by atoms with E-state index >= 15 is 0 Å². The number of carbonyl (C=O) groups is 1. The molecule has 0 atom stereocenters. The number of carbonyl (C=O) groups excluding carboxylic acids is 1. The summed E-state index contributed by atoms with van der Waals surface area (Å²) < 4.78 is 10.3. The van der Waals surface area contributed by atoms with Crippen molar-refractivity contribution in [2.45, 2.75) is 13.3 Å². The molecule has 0 unspecified atom stereocenters. The number of furan rings is 1. The van der Waals surface area contributed by atoms with Gasteiger partial charge in [-0.1, -0.05) is 6.92 Å². The fourth-order valence-electron chi connectivity index (χ4n) is 1.63. The molecule has 2 aromatic heterocycles. The lowest BCUT2D eigenvalue weighted by Crippen LogP contribution is -2.03. The number of hydrogen-bond acceptors (Lipinski definition) is 4. The van der Waals surface area contributed by atoms with Gasteiger partial charge in [-0.3, -0.25) is 9.78 Å².